The highest BCUT2D eigenvalue weighted by Gasteiger charge is 2.21. The molecule has 6 heteroatoms. The molecule has 0 aliphatic rings. The van der Waals surface area contributed by atoms with E-state index in [9.17, 15) is 9.59 Å². The zero-order chi connectivity index (χ0) is 14.5. The second-order valence-corrected chi connectivity index (χ2v) is 5.65. The van der Waals surface area contributed by atoms with E-state index in [0.717, 1.165) is 0 Å². The van der Waals surface area contributed by atoms with Gasteiger partial charge in [0, 0.05) is 17.9 Å². The summed E-state index contributed by atoms with van der Waals surface area (Å²) in [6.07, 6.45) is 3.11. The van der Waals surface area contributed by atoms with Gasteiger partial charge in [-0.05, 0) is 32.9 Å². The first-order valence-corrected chi connectivity index (χ1v) is 6.29. The lowest BCUT2D eigenvalue weighted by Crippen LogP contribution is -2.44. The molecular weight excluding hydrogens is 256 g/mol. The van der Waals surface area contributed by atoms with Crippen LogP contribution in [0, 0.1) is 0 Å². The molecule has 0 aliphatic carbocycles. The second kappa shape index (κ2) is 4.00. The Labute approximate surface area is 114 Å². The first-order valence-electron chi connectivity index (χ1n) is 6.29. The fourth-order valence-electron chi connectivity index (χ4n) is 2.34. The number of rotatable bonds is 0. The molecule has 0 saturated carbocycles. The Morgan fingerprint density at radius 3 is 2.50 bits per heavy atom. The van der Waals surface area contributed by atoms with Gasteiger partial charge in [0.15, 0.2) is 0 Å². The van der Waals surface area contributed by atoms with Gasteiger partial charge < -0.3 is 4.98 Å². The predicted molar refractivity (Wildman–Crippen MR) is 76.9 cm³/mol. The van der Waals surface area contributed by atoms with Gasteiger partial charge in [0.25, 0.3) is 5.56 Å². The third kappa shape index (κ3) is 1.72. The molecule has 0 unspecified atom stereocenters. The molecule has 20 heavy (non-hydrogen) atoms. The Bertz CT molecular complexity index is 932. The number of hydrogen-bond donors (Lipinski definition) is 1. The highest BCUT2D eigenvalue weighted by atomic mass is 16.2. The fraction of sp³-hybridized carbons (Fsp3) is 0.286. The summed E-state index contributed by atoms with van der Waals surface area (Å²) in [7, 11) is 0. The van der Waals surface area contributed by atoms with Gasteiger partial charge in [-0.25, -0.2) is 4.79 Å². The minimum Gasteiger partial charge on any atom is -0.307 e. The zero-order valence-corrected chi connectivity index (χ0v) is 11.5. The van der Waals surface area contributed by atoms with Crippen LogP contribution in [-0.2, 0) is 5.54 Å². The van der Waals surface area contributed by atoms with Crippen LogP contribution in [0.4, 0.5) is 0 Å². The van der Waals surface area contributed by atoms with Gasteiger partial charge in [0.1, 0.15) is 5.52 Å². The van der Waals surface area contributed by atoms with Crippen molar-refractivity contribution in [1.29, 1.82) is 0 Å². The first-order chi connectivity index (χ1) is 9.39. The van der Waals surface area contributed by atoms with Crippen molar-refractivity contribution in [3.8, 4) is 0 Å². The molecule has 0 bridgehead atoms. The summed E-state index contributed by atoms with van der Waals surface area (Å²) < 4.78 is 1.21. The Morgan fingerprint density at radius 1 is 1.10 bits per heavy atom. The molecule has 3 rings (SSSR count). The largest absolute Gasteiger partial charge is 0.329 e. The van der Waals surface area contributed by atoms with E-state index in [1.165, 1.54) is 10.8 Å². The minimum atomic E-state index is -0.608. The van der Waals surface area contributed by atoms with E-state index < -0.39 is 11.2 Å². The lowest BCUT2D eigenvalue weighted by molar-refractivity contribution is 0.370. The molecule has 0 radical (unpaired) electrons. The van der Waals surface area contributed by atoms with Gasteiger partial charge in [0.2, 0.25) is 0 Å². The summed E-state index contributed by atoms with van der Waals surface area (Å²) in [5.41, 5.74) is 0.242. The summed E-state index contributed by atoms with van der Waals surface area (Å²) >= 11 is 0. The quantitative estimate of drug-likeness (QED) is 0.626. The Hall–Kier alpha value is -2.50. The van der Waals surface area contributed by atoms with Crippen LogP contribution in [-0.4, -0.2) is 19.5 Å². The third-order valence-electron chi connectivity index (χ3n) is 3.17. The first kappa shape index (κ1) is 12.5. The summed E-state index contributed by atoms with van der Waals surface area (Å²) in [4.78, 5) is 35.9. The van der Waals surface area contributed by atoms with E-state index in [0.29, 0.717) is 21.9 Å². The van der Waals surface area contributed by atoms with Crippen molar-refractivity contribution in [2.45, 2.75) is 26.3 Å². The van der Waals surface area contributed by atoms with Crippen LogP contribution < -0.4 is 11.2 Å². The smallest absolute Gasteiger partial charge is 0.307 e. The molecule has 0 aliphatic heterocycles. The van der Waals surface area contributed by atoms with Crippen LogP contribution in [0.25, 0.3) is 21.9 Å². The fourth-order valence-corrected chi connectivity index (χ4v) is 2.34. The molecule has 0 amide bonds. The molecule has 0 fully saturated rings. The van der Waals surface area contributed by atoms with E-state index in [-0.39, 0.29) is 5.56 Å². The van der Waals surface area contributed by atoms with Gasteiger partial charge in [-0.1, -0.05) is 0 Å². The normalized spacial score (nSPS) is 12.2. The average molecular weight is 270 g/mol. The van der Waals surface area contributed by atoms with Gasteiger partial charge in [0.05, 0.1) is 16.4 Å². The topological polar surface area (TPSA) is 80.6 Å². The Morgan fingerprint density at radius 2 is 1.80 bits per heavy atom. The van der Waals surface area contributed by atoms with Crippen molar-refractivity contribution < 1.29 is 0 Å². The number of nitrogens with one attached hydrogen (secondary N) is 1. The average Bonchev–Trinajstić information content (AvgIpc) is 2.36. The molecule has 2 aromatic heterocycles. The van der Waals surface area contributed by atoms with Crippen molar-refractivity contribution in [3.63, 3.8) is 0 Å². The second-order valence-electron chi connectivity index (χ2n) is 5.65. The van der Waals surface area contributed by atoms with Crippen LogP contribution in [0.15, 0.2) is 34.1 Å². The molecule has 0 atom stereocenters. The summed E-state index contributed by atoms with van der Waals surface area (Å²) in [5, 5.41) is 0.394. The van der Waals surface area contributed by atoms with Crippen LogP contribution >= 0.6 is 0 Å². The van der Waals surface area contributed by atoms with Crippen molar-refractivity contribution >= 4 is 21.9 Å². The van der Waals surface area contributed by atoms with Gasteiger partial charge >= 0.3 is 5.69 Å². The molecule has 0 saturated heterocycles. The van der Waals surface area contributed by atoms with Gasteiger partial charge in [-0.2, -0.15) is 0 Å². The molecular formula is C14H14N4O2. The summed E-state index contributed by atoms with van der Waals surface area (Å²) in [5.74, 6) is 0. The molecule has 1 N–H and O–H groups in total. The number of aromatic nitrogens is 4. The number of aromatic amines is 1. The van der Waals surface area contributed by atoms with Crippen molar-refractivity contribution in [2.75, 3.05) is 0 Å². The van der Waals surface area contributed by atoms with Crippen LogP contribution in [0.2, 0.25) is 0 Å². The standard InChI is InChI=1S/C14H14N4O2/c1-14(2,3)18-12(19)10-8(17-13(18)20)4-5-9-11(10)16-7-6-15-9/h4-7H,1-3H3,(H,17,20). The monoisotopic (exact) mass is 270 g/mol. The van der Waals surface area contributed by atoms with Crippen molar-refractivity contribution in [2.24, 2.45) is 0 Å². The lowest BCUT2D eigenvalue weighted by Gasteiger charge is -2.21. The molecule has 6 nitrogen and oxygen atoms in total. The number of hydrogen-bond acceptors (Lipinski definition) is 4. The molecule has 2 heterocycles. The molecule has 0 spiro atoms. The van der Waals surface area contributed by atoms with E-state index in [1.54, 1.807) is 18.3 Å². The lowest BCUT2D eigenvalue weighted by atomic mass is 10.1. The third-order valence-corrected chi connectivity index (χ3v) is 3.17. The Kier molecular flexibility index (Phi) is 2.50. The van der Waals surface area contributed by atoms with E-state index >= 15 is 0 Å². The maximum atomic E-state index is 12.7. The SMILES string of the molecule is CC(C)(C)n1c(=O)[nH]c2ccc3nccnc3c2c1=O. The minimum absolute atomic E-state index is 0.345. The van der Waals surface area contributed by atoms with Gasteiger partial charge in [-0.15, -0.1) is 0 Å². The van der Waals surface area contributed by atoms with Crippen LogP contribution in [0.1, 0.15) is 20.8 Å². The maximum Gasteiger partial charge on any atom is 0.329 e. The Balaban J connectivity index is 2.62. The number of benzene rings is 1. The molecule has 3 aromatic rings. The van der Waals surface area contributed by atoms with E-state index in [2.05, 4.69) is 15.0 Å². The number of H-pyrrole nitrogens is 1. The number of nitrogens with zero attached hydrogens (tertiary/aromatic N) is 3. The van der Waals surface area contributed by atoms with Crippen LogP contribution in [0.5, 0.6) is 0 Å². The summed E-state index contributed by atoms with van der Waals surface area (Å²) in [6, 6.07) is 3.42. The van der Waals surface area contributed by atoms with E-state index in [4.69, 9.17) is 0 Å². The highest BCUT2D eigenvalue weighted by molar-refractivity contribution is 6.01. The summed E-state index contributed by atoms with van der Waals surface area (Å²) in [6.45, 7) is 5.44. The molecule has 102 valence electrons. The van der Waals surface area contributed by atoms with Crippen molar-refractivity contribution in [3.05, 3.63) is 45.4 Å². The number of fused-ring (bicyclic) bond motifs is 3. The molecule has 1 aromatic carbocycles. The highest BCUT2D eigenvalue weighted by Crippen LogP contribution is 2.17. The maximum absolute atomic E-state index is 12.7. The van der Waals surface area contributed by atoms with E-state index in [1.807, 2.05) is 20.8 Å². The predicted octanol–water partition coefficient (Wildman–Crippen LogP) is 1.39. The van der Waals surface area contributed by atoms with Gasteiger partial charge in [-0.3, -0.25) is 19.3 Å². The van der Waals surface area contributed by atoms with Crippen molar-refractivity contribution in [1.82, 2.24) is 19.5 Å². The zero-order valence-electron chi connectivity index (χ0n) is 11.5. The van der Waals surface area contributed by atoms with Crippen LogP contribution in [0.3, 0.4) is 0 Å².